The first-order valence-corrected chi connectivity index (χ1v) is 10.2. The Bertz CT molecular complexity index is 1270. The molecule has 3 aromatic carbocycles. The summed E-state index contributed by atoms with van der Waals surface area (Å²) in [5.74, 6) is -0.352. The molecule has 0 unspecified atom stereocenters. The highest BCUT2D eigenvalue weighted by Crippen LogP contribution is 2.39. The molecule has 3 rings (SSSR count). The van der Waals surface area contributed by atoms with Crippen LogP contribution in [0.1, 0.15) is 0 Å². The van der Waals surface area contributed by atoms with Gasteiger partial charge in [0.15, 0.2) is 0 Å². The zero-order valence-electron chi connectivity index (χ0n) is 13.4. The van der Waals surface area contributed by atoms with Gasteiger partial charge in [-0.15, -0.1) is 5.11 Å². The Hall–Kier alpha value is -2.86. The summed E-state index contributed by atoms with van der Waals surface area (Å²) in [4.78, 5) is -0.966. The van der Waals surface area contributed by atoms with Crippen molar-refractivity contribution in [1.29, 1.82) is 0 Å². The van der Waals surface area contributed by atoms with E-state index in [-0.39, 0.29) is 27.4 Å². The highest BCUT2D eigenvalue weighted by Gasteiger charge is 2.21. The van der Waals surface area contributed by atoms with E-state index in [1.165, 1.54) is 18.2 Å². The van der Waals surface area contributed by atoms with Crippen molar-refractivity contribution in [1.82, 2.24) is 0 Å². The standard InChI is InChI=1S/C16H12N2O7S2/c19-14-9-15(27(23,24)25)16(13-4-2-1-3-12(13)14)18-17-10-5-7-11(8-6-10)26(20,21)22/h1-9,19H,(H,20,21,22)(H,23,24,25). The number of aromatic hydroxyl groups is 1. The van der Waals surface area contributed by atoms with Crippen LogP contribution >= 0.6 is 0 Å². The number of rotatable bonds is 4. The molecule has 0 aliphatic carbocycles. The zero-order chi connectivity index (χ0) is 19.8. The minimum Gasteiger partial charge on any atom is -0.507 e. The minimum atomic E-state index is -4.70. The lowest BCUT2D eigenvalue weighted by atomic mass is 10.1. The maximum Gasteiger partial charge on any atom is 0.296 e. The van der Waals surface area contributed by atoms with Gasteiger partial charge in [-0.1, -0.05) is 24.3 Å². The first-order valence-electron chi connectivity index (χ1n) is 7.29. The van der Waals surface area contributed by atoms with E-state index < -0.39 is 25.1 Å². The van der Waals surface area contributed by atoms with Crippen LogP contribution in [0.4, 0.5) is 11.4 Å². The van der Waals surface area contributed by atoms with E-state index in [0.717, 1.165) is 18.2 Å². The summed E-state index contributed by atoms with van der Waals surface area (Å²) >= 11 is 0. The average Bonchev–Trinajstić information content (AvgIpc) is 2.60. The summed E-state index contributed by atoms with van der Waals surface area (Å²) in [5, 5.41) is 18.3. The predicted molar refractivity (Wildman–Crippen MR) is 95.9 cm³/mol. The molecule has 0 fully saturated rings. The van der Waals surface area contributed by atoms with Gasteiger partial charge in [0.25, 0.3) is 20.2 Å². The van der Waals surface area contributed by atoms with E-state index in [1.807, 2.05) is 0 Å². The summed E-state index contributed by atoms with van der Waals surface area (Å²) in [6.07, 6.45) is 0. The summed E-state index contributed by atoms with van der Waals surface area (Å²) in [5.41, 5.74) is -0.0226. The number of hydrogen-bond acceptors (Lipinski definition) is 7. The SMILES string of the molecule is O=S(=O)(O)c1ccc(N=Nc2c(S(=O)(=O)O)cc(O)c3ccccc23)cc1. The fourth-order valence-electron chi connectivity index (χ4n) is 2.41. The van der Waals surface area contributed by atoms with Crippen LogP contribution in [0.15, 0.2) is 74.6 Å². The quantitative estimate of drug-likeness (QED) is 0.441. The summed E-state index contributed by atoms with van der Waals surface area (Å²) in [6, 6.07) is 11.8. The molecule has 0 saturated heterocycles. The molecule has 0 amide bonds. The maximum absolute atomic E-state index is 11.7. The third-order valence-corrected chi connectivity index (χ3v) is 5.37. The Labute approximate surface area is 154 Å². The lowest BCUT2D eigenvalue weighted by Crippen LogP contribution is -1.99. The third kappa shape index (κ3) is 3.95. The van der Waals surface area contributed by atoms with E-state index in [0.29, 0.717) is 5.39 Å². The highest BCUT2D eigenvalue weighted by atomic mass is 32.2. The molecule has 140 valence electrons. The van der Waals surface area contributed by atoms with E-state index in [4.69, 9.17) is 4.55 Å². The Kier molecular flexibility index (Phi) is 4.70. The van der Waals surface area contributed by atoms with Crippen molar-refractivity contribution in [2.75, 3.05) is 0 Å². The molecule has 9 nitrogen and oxygen atoms in total. The number of hydrogen-bond donors (Lipinski definition) is 3. The molecule has 0 aromatic heterocycles. The lowest BCUT2D eigenvalue weighted by molar-refractivity contribution is 0.471. The molecule has 0 aliphatic rings. The Morgan fingerprint density at radius 2 is 1.33 bits per heavy atom. The Balaban J connectivity index is 2.16. The first-order chi connectivity index (χ1) is 12.6. The second-order valence-electron chi connectivity index (χ2n) is 5.43. The van der Waals surface area contributed by atoms with Crippen molar-refractivity contribution in [2.45, 2.75) is 9.79 Å². The second kappa shape index (κ2) is 6.70. The molecule has 3 aromatic rings. The molecule has 0 saturated carbocycles. The van der Waals surface area contributed by atoms with Gasteiger partial charge in [-0.05, 0) is 24.3 Å². The minimum absolute atomic E-state index is 0.167. The van der Waals surface area contributed by atoms with Crippen molar-refractivity contribution in [3.63, 3.8) is 0 Å². The van der Waals surface area contributed by atoms with Gasteiger partial charge in [0.05, 0.1) is 10.6 Å². The Morgan fingerprint density at radius 3 is 1.89 bits per heavy atom. The van der Waals surface area contributed by atoms with Crippen LogP contribution in [-0.4, -0.2) is 31.0 Å². The number of phenols is 1. The van der Waals surface area contributed by atoms with E-state index >= 15 is 0 Å². The van der Waals surface area contributed by atoms with Crippen LogP contribution < -0.4 is 0 Å². The number of nitrogens with zero attached hydrogens (tertiary/aromatic N) is 2. The van der Waals surface area contributed by atoms with Gasteiger partial charge < -0.3 is 5.11 Å². The summed E-state index contributed by atoms with van der Waals surface area (Å²) in [7, 11) is -9.06. The zero-order valence-corrected chi connectivity index (χ0v) is 15.0. The molecular formula is C16H12N2O7S2. The van der Waals surface area contributed by atoms with Crippen LogP contribution in [-0.2, 0) is 20.2 Å². The number of fused-ring (bicyclic) bond motifs is 1. The molecule has 27 heavy (non-hydrogen) atoms. The Morgan fingerprint density at radius 1 is 0.741 bits per heavy atom. The fraction of sp³-hybridized carbons (Fsp3) is 0. The molecule has 0 heterocycles. The summed E-state index contributed by atoms with van der Waals surface area (Å²) < 4.78 is 63.8. The van der Waals surface area contributed by atoms with Crippen molar-refractivity contribution in [3.05, 3.63) is 54.6 Å². The molecule has 0 radical (unpaired) electrons. The number of phenolic OH excluding ortho intramolecular Hbond substituents is 1. The van der Waals surface area contributed by atoms with Gasteiger partial charge in [-0.3, -0.25) is 9.11 Å². The molecule has 0 aliphatic heterocycles. The molecule has 11 heteroatoms. The van der Waals surface area contributed by atoms with E-state index in [2.05, 4.69) is 10.2 Å². The van der Waals surface area contributed by atoms with Crippen LogP contribution in [0.5, 0.6) is 5.75 Å². The van der Waals surface area contributed by atoms with Gasteiger partial charge >= 0.3 is 0 Å². The van der Waals surface area contributed by atoms with Gasteiger partial charge in [0.1, 0.15) is 16.3 Å². The van der Waals surface area contributed by atoms with Crippen molar-refractivity contribution < 1.29 is 31.0 Å². The predicted octanol–water partition coefficient (Wildman–Crippen LogP) is 3.45. The van der Waals surface area contributed by atoms with E-state index in [9.17, 15) is 26.5 Å². The molecule has 0 atom stereocenters. The van der Waals surface area contributed by atoms with Crippen molar-refractivity contribution >= 4 is 42.4 Å². The topological polar surface area (TPSA) is 154 Å². The fourth-order valence-corrected chi connectivity index (χ4v) is 3.54. The number of azo groups is 1. The first kappa shape index (κ1) is 18.9. The van der Waals surface area contributed by atoms with Crippen molar-refractivity contribution in [3.8, 4) is 5.75 Å². The van der Waals surface area contributed by atoms with Gasteiger partial charge in [-0.25, -0.2) is 0 Å². The molecule has 0 bridgehead atoms. The van der Waals surface area contributed by atoms with Crippen LogP contribution in [0.3, 0.4) is 0 Å². The molecule has 0 spiro atoms. The monoisotopic (exact) mass is 408 g/mol. The van der Waals surface area contributed by atoms with Crippen LogP contribution in [0, 0.1) is 0 Å². The van der Waals surface area contributed by atoms with Gasteiger partial charge in [-0.2, -0.15) is 21.9 Å². The van der Waals surface area contributed by atoms with Crippen LogP contribution in [0.25, 0.3) is 10.8 Å². The average molecular weight is 408 g/mol. The second-order valence-corrected chi connectivity index (χ2v) is 8.24. The maximum atomic E-state index is 11.7. The normalized spacial score (nSPS) is 12.7. The van der Waals surface area contributed by atoms with Gasteiger partial charge in [0, 0.05) is 16.8 Å². The highest BCUT2D eigenvalue weighted by molar-refractivity contribution is 7.86. The van der Waals surface area contributed by atoms with Crippen molar-refractivity contribution in [2.24, 2.45) is 10.2 Å². The van der Waals surface area contributed by atoms with E-state index in [1.54, 1.807) is 18.2 Å². The molecular weight excluding hydrogens is 396 g/mol. The smallest absolute Gasteiger partial charge is 0.296 e. The largest absolute Gasteiger partial charge is 0.507 e. The van der Waals surface area contributed by atoms with Crippen LogP contribution in [0.2, 0.25) is 0 Å². The lowest BCUT2D eigenvalue weighted by Gasteiger charge is -2.08. The van der Waals surface area contributed by atoms with Gasteiger partial charge in [0.2, 0.25) is 0 Å². The number of benzene rings is 3. The summed E-state index contributed by atoms with van der Waals surface area (Å²) in [6.45, 7) is 0. The third-order valence-electron chi connectivity index (χ3n) is 3.64. The molecule has 3 N–H and O–H groups in total.